The minimum Gasteiger partial charge on any atom is -0.350 e. The molecule has 0 aromatic heterocycles. The van der Waals surface area contributed by atoms with E-state index < -0.39 is 35.0 Å². The van der Waals surface area contributed by atoms with E-state index >= 15 is 0 Å². The topological polar surface area (TPSA) is 55.1 Å². The Labute approximate surface area is 119 Å². The van der Waals surface area contributed by atoms with Crippen molar-refractivity contribution in [2.75, 3.05) is 6.54 Å². The summed E-state index contributed by atoms with van der Waals surface area (Å²) in [4.78, 5) is 11.8. The van der Waals surface area contributed by atoms with Gasteiger partial charge in [-0.15, -0.1) is 0 Å². The lowest BCUT2D eigenvalue weighted by Crippen LogP contribution is -2.33. The predicted octanol–water partition coefficient (Wildman–Crippen LogP) is 2.53. The van der Waals surface area contributed by atoms with Crippen molar-refractivity contribution >= 4 is 5.91 Å². The maximum Gasteiger partial charge on any atom is 0.257 e. The molecule has 0 spiro atoms. The summed E-state index contributed by atoms with van der Waals surface area (Å²) in [6, 6.07) is 9.34. The minimum atomic E-state index is -1.25. The summed E-state index contributed by atoms with van der Waals surface area (Å²) in [6.45, 7) is -0.000890. The molecule has 6 heteroatoms. The van der Waals surface area contributed by atoms with E-state index in [1.54, 1.807) is 24.3 Å². The maximum absolute atomic E-state index is 13.4. The van der Waals surface area contributed by atoms with Crippen molar-refractivity contribution in [2.45, 2.75) is 6.04 Å². The van der Waals surface area contributed by atoms with Crippen molar-refractivity contribution in [3.05, 3.63) is 71.0 Å². The molecule has 1 atom stereocenters. The van der Waals surface area contributed by atoms with Crippen LogP contribution >= 0.6 is 0 Å². The molecule has 0 fully saturated rings. The van der Waals surface area contributed by atoms with Gasteiger partial charge in [-0.3, -0.25) is 4.79 Å². The van der Waals surface area contributed by atoms with Gasteiger partial charge >= 0.3 is 0 Å². The summed E-state index contributed by atoms with van der Waals surface area (Å²) >= 11 is 0. The summed E-state index contributed by atoms with van der Waals surface area (Å²) in [5.74, 6) is -4.56. The van der Waals surface area contributed by atoms with Crippen LogP contribution in [0.2, 0.25) is 0 Å². The molecule has 0 saturated heterocycles. The van der Waals surface area contributed by atoms with E-state index in [0.29, 0.717) is 12.1 Å². The van der Waals surface area contributed by atoms with Crippen LogP contribution in [0.3, 0.4) is 0 Å². The molecule has 0 bridgehead atoms. The third-order valence-corrected chi connectivity index (χ3v) is 2.94. The van der Waals surface area contributed by atoms with Gasteiger partial charge in [0.1, 0.15) is 23.0 Å². The van der Waals surface area contributed by atoms with Gasteiger partial charge in [-0.1, -0.05) is 30.3 Å². The van der Waals surface area contributed by atoms with Gasteiger partial charge in [0.05, 0.1) is 0 Å². The molecule has 3 N–H and O–H groups in total. The Morgan fingerprint density at radius 1 is 1.10 bits per heavy atom. The SMILES string of the molecule is NC(CNC(=O)c1c(F)cc(F)cc1F)c1ccccc1. The van der Waals surface area contributed by atoms with E-state index in [1.165, 1.54) is 0 Å². The second kappa shape index (κ2) is 6.41. The Balaban J connectivity index is 2.06. The van der Waals surface area contributed by atoms with Gasteiger partial charge in [0.2, 0.25) is 0 Å². The van der Waals surface area contributed by atoms with E-state index in [0.717, 1.165) is 5.56 Å². The van der Waals surface area contributed by atoms with Gasteiger partial charge in [0.25, 0.3) is 5.91 Å². The summed E-state index contributed by atoms with van der Waals surface area (Å²) in [6.07, 6.45) is 0. The highest BCUT2D eigenvalue weighted by molar-refractivity contribution is 5.94. The Morgan fingerprint density at radius 3 is 2.24 bits per heavy atom. The predicted molar refractivity (Wildman–Crippen MR) is 72.0 cm³/mol. The Hall–Kier alpha value is -2.34. The largest absolute Gasteiger partial charge is 0.350 e. The molecule has 1 unspecified atom stereocenters. The van der Waals surface area contributed by atoms with E-state index in [-0.39, 0.29) is 6.54 Å². The third-order valence-electron chi connectivity index (χ3n) is 2.94. The van der Waals surface area contributed by atoms with E-state index in [1.807, 2.05) is 6.07 Å². The molecular formula is C15H13F3N2O. The number of carbonyl (C=O) groups excluding carboxylic acids is 1. The first-order valence-electron chi connectivity index (χ1n) is 6.22. The summed E-state index contributed by atoms with van der Waals surface area (Å²) in [5, 5.41) is 2.33. The summed E-state index contributed by atoms with van der Waals surface area (Å²) in [5.41, 5.74) is 5.81. The van der Waals surface area contributed by atoms with E-state index in [4.69, 9.17) is 5.73 Å². The number of rotatable bonds is 4. The molecule has 0 radical (unpaired) electrons. The van der Waals surface area contributed by atoms with Gasteiger partial charge in [0.15, 0.2) is 0 Å². The number of benzene rings is 2. The fraction of sp³-hybridized carbons (Fsp3) is 0.133. The molecule has 0 heterocycles. The molecular weight excluding hydrogens is 281 g/mol. The molecule has 21 heavy (non-hydrogen) atoms. The van der Waals surface area contributed by atoms with Gasteiger partial charge in [0, 0.05) is 24.7 Å². The average Bonchev–Trinajstić information content (AvgIpc) is 2.44. The molecule has 0 aliphatic rings. The highest BCUT2D eigenvalue weighted by Crippen LogP contribution is 2.15. The lowest BCUT2D eigenvalue weighted by molar-refractivity contribution is 0.0942. The standard InChI is InChI=1S/C15H13F3N2O/c16-10-6-11(17)14(12(18)7-10)15(21)20-8-13(19)9-4-2-1-3-5-9/h1-7,13H,8,19H2,(H,20,21). The highest BCUT2D eigenvalue weighted by Gasteiger charge is 2.19. The van der Waals surface area contributed by atoms with Crippen molar-refractivity contribution in [2.24, 2.45) is 5.73 Å². The molecule has 0 saturated carbocycles. The smallest absolute Gasteiger partial charge is 0.257 e. The summed E-state index contributed by atoms with van der Waals surface area (Å²) in [7, 11) is 0. The molecule has 3 nitrogen and oxygen atoms in total. The third kappa shape index (κ3) is 3.61. The van der Waals surface area contributed by atoms with Gasteiger partial charge in [-0.25, -0.2) is 13.2 Å². The number of hydrogen-bond acceptors (Lipinski definition) is 2. The van der Waals surface area contributed by atoms with E-state index in [2.05, 4.69) is 5.32 Å². The zero-order chi connectivity index (χ0) is 15.4. The van der Waals surface area contributed by atoms with Crippen LogP contribution in [0.25, 0.3) is 0 Å². The normalized spacial score (nSPS) is 12.0. The van der Waals surface area contributed by atoms with Crippen LogP contribution in [-0.2, 0) is 0 Å². The Bertz CT molecular complexity index is 624. The first-order valence-corrected chi connectivity index (χ1v) is 6.22. The molecule has 110 valence electrons. The molecule has 2 aromatic rings. The van der Waals surface area contributed by atoms with Gasteiger partial charge in [-0.2, -0.15) is 0 Å². The molecule has 1 amide bonds. The zero-order valence-corrected chi connectivity index (χ0v) is 10.9. The van der Waals surface area contributed by atoms with Crippen molar-refractivity contribution in [1.29, 1.82) is 0 Å². The first kappa shape index (κ1) is 15.1. The monoisotopic (exact) mass is 294 g/mol. The van der Waals surface area contributed by atoms with Crippen LogP contribution in [0.15, 0.2) is 42.5 Å². The number of nitrogens with two attached hydrogens (primary N) is 1. The number of amides is 1. The number of hydrogen-bond donors (Lipinski definition) is 2. The van der Waals surface area contributed by atoms with Crippen LogP contribution < -0.4 is 11.1 Å². The second-order valence-electron chi connectivity index (χ2n) is 4.47. The molecule has 2 rings (SSSR count). The first-order chi connectivity index (χ1) is 9.99. The quantitative estimate of drug-likeness (QED) is 0.910. The lowest BCUT2D eigenvalue weighted by atomic mass is 10.1. The second-order valence-corrected chi connectivity index (χ2v) is 4.47. The minimum absolute atomic E-state index is 0.000890. The summed E-state index contributed by atoms with van der Waals surface area (Å²) < 4.78 is 39.6. The van der Waals surface area contributed by atoms with Crippen molar-refractivity contribution < 1.29 is 18.0 Å². The zero-order valence-electron chi connectivity index (χ0n) is 10.9. The number of nitrogens with one attached hydrogen (secondary N) is 1. The van der Waals surface area contributed by atoms with Crippen molar-refractivity contribution in [3.8, 4) is 0 Å². The van der Waals surface area contributed by atoms with Crippen LogP contribution in [-0.4, -0.2) is 12.5 Å². The Morgan fingerprint density at radius 2 is 1.67 bits per heavy atom. The van der Waals surface area contributed by atoms with Crippen LogP contribution in [0.4, 0.5) is 13.2 Å². The number of carbonyl (C=O) groups is 1. The Kier molecular flexibility index (Phi) is 4.59. The van der Waals surface area contributed by atoms with Crippen LogP contribution in [0, 0.1) is 17.5 Å². The van der Waals surface area contributed by atoms with Crippen molar-refractivity contribution in [1.82, 2.24) is 5.32 Å². The highest BCUT2D eigenvalue weighted by atomic mass is 19.1. The van der Waals surface area contributed by atoms with Crippen LogP contribution in [0.1, 0.15) is 22.0 Å². The molecule has 0 aliphatic heterocycles. The van der Waals surface area contributed by atoms with Crippen LogP contribution in [0.5, 0.6) is 0 Å². The average molecular weight is 294 g/mol. The molecule has 0 aliphatic carbocycles. The lowest BCUT2D eigenvalue weighted by Gasteiger charge is -2.13. The fourth-order valence-corrected chi connectivity index (χ4v) is 1.87. The van der Waals surface area contributed by atoms with Gasteiger partial charge < -0.3 is 11.1 Å². The van der Waals surface area contributed by atoms with E-state index in [9.17, 15) is 18.0 Å². The fourth-order valence-electron chi connectivity index (χ4n) is 1.87. The molecule has 2 aromatic carbocycles. The van der Waals surface area contributed by atoms with Crippen molar-refractivity contribution in [3.63, 3.8) is 0 Å². The maximum atomic E-state index is 13.4. The van der Waals surface area contributed by atoms with Gasteiger partial charge in [-0.05, 0) is 5.56 Å². The number of halogens is 3.